The van der Waals surface area contributed by atoms with Gasteiger partial charge in [0.25, 0.3) is 0 Å². The number of halogens is 3. The Labute approximate surface area is 278 Å². The van der Waals surface area contributed by atoms with Crippen molar-refractivity contribution in [3.05, 3.63) is 95.6 Å². The number of ether oxygens (including phenoxy) is 2. The largest absolute Gasteiger partial charge is 0.471 e. The lowest BCUT2D eigenvalue weighted by atomic mass is 9.84. The first kappa shape index (κ1) is 36.2. The van der Waals surface area contributed by atoms with Crippen molar-refractivity contribution >= 4 is 23.8 Å². The molecule has 0 spiro atoms. The van der Waals surface area contributed by atoms with Gasteiger partial charge in [-0.1, -0.05) is 113 Å². The molecule has 0 aromatic heterocycles. The number of hydrogen-bond acceptors (Lipinski definition) is 6. The van der Waals surface area contributed by atoms with Gasteiger partial charge >= 0.3 is 24.0 Å². The maximum absolute atomic E-state index is 13.8. The Morgan fingerprint density at radius 1 is 0.812 bits per heavy atom. The van der Waals surface area contributed by atoms with Crippen molar-refractivity contribution in [3.63, 3.8) is 0 Å². The van der Waals surface area contributed by atoms with Crippen LogP contribution in [-0.2, 0) is 35.3 Å². The van der Waals surface area contributed by atoms with Crippen molar-refractivity contribution in [3.8, 4) is 11.1 Å². The molecule has 11 heteroatoms. The second-order valence-corrected chi connectivity index (χ2v) is 13.3. The molecule has 3 aromatic carbocycles. The van der Waals surface area contributed by atoms with Crippen LogP contribution in [-0.4, -0.2) is 60.6 Å². The van der Waals surface area contributed by atoms with Gasteiger partial charge in [0, 0.05) is 12.5 Å². The summed E-state index contributed by atoms with van der Waals surface area (Å²) in [6, 6.07) is 22.5. The van der Waals surface area contributed by atoms with Crippen LogP contribution in [0.1, 0.15) is 57.2 Å². The number of alkyl halides is 3. The molecule has 0 saturated heterocycles. The topological polar surface area (TPSA) is 102 Å². The molecule has 1 aliphatic carbocycles. The number of nitrogens with one attached hydrogen (secondary N) is 1. The van der Waals surface area contributed by atoms with Crippen molar-refractivity contribution in [2.24, 2.45) is 17.3 Å². The molecular weight excluding hydrogens is 625 g/mol. The Hall–Kier alpha value is -4.67. The lowest BCUT2D eigenvalue weighted by Crippen LogP contribution is -2.60. The van der Waals surface area contributed by atoms with Gasteiger partial charge in [-0.05, 0) is 39.2 Å². The van der Waals surface area contributed by atoms with E-state index in [0.717, 1.165) is 22.3 Å². The zero-order valence-corrected chi connectivity index (χ0v) is 27.7. The number of carbonyl (C=O) groups excluding carboxylic acids is 4. The van der Waals surface area contributed by atoms with Crippen molar-refractivity contribution in [1.29, 1.82) is 0 Å². The SMILES string of the molecule is CC(C)C(CNC(=O)C(N(CC(=O)OCc1ccccc1)C(=O)C(F)(F)F)C(C)(C)C)C(=O)OCC1c2ccccc2-c2ccccc21. The van der Waals surface area contributed by atoms with Crippen LogP contribution in [0.3, 0.4) is 0 Å². The quantitative estimate of drug-likeness (QED) is 0.229. The third-order valence-corrected chi connectivity index (χ3v) is 8.38. The van der Waals surface area contributed by atoms with Crippen molar-refractivity contribution in [2.75, 3.05) is 19.7 Å². The maximum atomic E-state index is 13.8. The van der Waals surface area contributed by atoms with Crippen molar-refractivity contribution in [1.82, 2.24) is 10.2 Å². The second kappa shape index (κ2) is 15.0. The fourth-order valence-electron chi connectivity index (χ4n) is 5.98. The molecule has 256 valence electrons. The van der Waals surface area contributed by atoms with Crippen LogP contribution in [0, 0.1) is 17.3 Å². The Bertz CT molecular complexity index is 1570. The number of amides is 2. The zero-order valence-electron chi connectivity index (χ0n) is 27.7. The number of nitrogens with zero attached hydrogens (tertiary/aromatic N) is 1. The van der Waals surface area contributed by atoms with E-state index in [2.05, 4.69) is 5.32 Å². The highest BCUT2D eigenvalue weighted by Crippen LogP contribution is 2.44. The molecule has 0 aliphatic heterocycles. The van der Waals surface area contributed by atoms with Crippen LogP contribution in [0.5, 0.6) is 0 Å². The number of fused-ring (bicyclic) bond motifs is 3. The molecule has 2 amide bonds. The van der Waals surface area contributed by atoms with Gasteiger partial charge in [0.1, 0.15) is 25.8 Å². The summed E-state index contributed by atoms with van der Waals surface area (Å²) < 4.78 is 52.4. The average molecular weight is 667 g/mol. The average Bonchev–Trinajstić information content (AvgIpc) is 3.35. The molecule has 8 nitrogen and oxygen atoms in total. The smallest absolute Gasteiger partial charge is 0.464 e. The summed E-state index contributed by atoms with van der Waals surface area (Å²) in [7, 11) is 0. The van der Waals surface area contributed by atoms with Gasteiger partial charge in [0.2, 0.25) is 5.91 Å². The van der Waals surface area contributed by atoms with Crippen molar-refractivity contribution in [2.45, 2.75) is 59.4 Å². The number of hydrogen-bond donors (Lipinski definition) is 1. The third kappa shape index (κ3) is 8.62. The fourth-order valence-corrected chi connectivity index (χ4v) is 5.98. The van der Waals surface area contributed by atoms with E-state index in [9.17, 15) is 32.3 Å². The van der Waals surface area contributed by atoms with E-state index in [1.54, 1.807) is 44.2 Å². The zero-order chi connectivity index (χ0) is 35.2. The highest BCUT2D eigenvalue weighted by Gasteiger charge is 2.50. The molecule has 0 radical (unpaired) electrons. The molecule has 0 bridgehead atoms. The fraction of sp³-hybridized carbons (Fsp3) is 0.405. The van der Waals surface area contributed by atoms with Crippen LogP contribution < -0.4 is 5.32 Å². The highest BCUT2D eigenvalue weighted by atomic mass is 19.4. The molecule has 0 saturated carbocycles. The van der Waals surface area contributed by atoms with E-state index in [1.807, 2.05) is 48.5 Å². The highest BCUT2D eigenvalue weighted by molar-refractivity contribution is 5.93. The molecule has 0 heterocycles. The summed E-state index contributed by atoms with van der Waals surface area (Å²) in [4.78, 5) is 52.6. The van der Waals surface area contributed by atoms with E-state index in [4.69, 9.17) is 9.47 Å². The first-order valence-electron chi connectivity index (χ1n) is 15.8. The van der Waals surface area contributed by atoms with E-state index < -0.39 is 53.8 Å². The lowest BCUT2D eigenvalue weighted by Gasteiger charge is -2.38. The van der Waals surface area contributed by atoms with Crippen LogP contribution >= 0.6 is 0 Å². The summed E-state index contributed by atoms with van der Waals surface area (Å²) in [5.74, 6) is -6.33. The number of carbonyl (C=O) groups is 4. The summed E-state index contributed by atoms with van der Waals surface area (Å²) in [6.07, 6.45) is -5.37. The maximum Gasteiger partial charge on any atom is 0.471 e. The summed E-state index contributed by atoms with van der Waals surface area (Å²) in [5.41, 5.74) is 3.55. The van der Waals surface area contributed by atoms with E-state index >= 15 is 0 Å². The van der Waals surface area contributed by atoms with E-state index in [1.165, 1.54) is 20.8 Å². The standard InChI is InChI=1S/C37H41F3N2O6/c1-23(2)29(34(45)48-22-30-27-17-11-9-15-25(27)26-16-10-12-18-28(26)30)19-41-33(44)32(36(3,4)5)42(35(46)37(38,39)40)20-31(43)47-21-24-13-7-6-8-14-24/h6-18,23,29-30,32H,19-22H2,1-5H3,(H,41,44). The lowest BCUT2D eigenvalue weighted by molar-refractivity contribution is -0.192. The molecule has 1 N–H and O–H groups in total. The van der Waals surface area contributed by atoms with Gasteiger partial charge in [0.05, 0.1) is 5.92 Å². The third-order valence-electron chi connectivity index (χ3n) is 8.38. The minimum absolute atomic E-state index is 0.0631. The molecular formula is C37H41F3N2O6. The van der Waals surface area contributed by atoms with Crippen LogP contribution in [0.15, 0.2) is 78.9 Å². The Morgan fingerprint density at radius 3 is 1.88 bits per heavy atom. The minimum atomic E-state index is -5.37. The van der Waals surface area contributed by atoms with Gasteiger partial charge in [-0.2, -0.15) is 13.2 Å². The van der Waals surface area contributed by atoms with E-state index in [-0.39, 0.29) is 36.5 Å². The van der Waals surface area contributed by atoms with E-state index in [0.29, 0.717) is 5.56 Å². The number of benzene rings is 3. The predicted octanol–water partition coefficient (Wildman–Crippen LogP) is 6.28. The van der Waals surface area contributed by atoms with Gasteiger partial charge in [0.15, 0.2) is 0 Å². The van der Waals surface area contributed by atoms with Crippen LogP contribution in [0.25, 0.3) is 11.1 Å². The monoisotopic (exact) mass is 666 g/mol. The molecule has 48 heavy (non-hydrogen) atoms. The normalized spacial score (nSPS) is 14.0. The van der Waals surface area contributed by atoms with Gasteiger partial charge < -0.3 is 19.7 Å². The van der Waals surface area contributed by atoms with Gasteiger partial charge in [-0.15, -0.1) is 0 Å². The minimum Gasteiger partial charge on any atom is -0.464 e. The first-order valence-corrected chi connectivity index (χ1v) is 15.8. The second-order valence-electron chi connectivity index (χ2n) is 13.3. The molecule has 3 aromatic rings. The molecule has 4 rings (SSSR count). The molecule has 0 fully saturated rings. The molecule has 2 unspecified atom stereocenters. The summed E-state index contributed by atoms with van der Waals surface area (Å²) in [5, 5.41) is 2.58. The summed E-state index contributed by atoms with van der Waals surface area (Å²) >= 11 is 0. The predicted molar refractivity (Wildman–Crippen MR) is 173 cm³/mol. The van der Waals surface area contributed by atoms with Crippen LogP contribution in [0.2, 0.25) is 0 Å². The van der Waals surface area contributed by atoms with Crippen molar-refractivity contribution < 1.29 is 41.8 Å². The molecule has 2 atom stereocenters. The summed E-state index contributed by atoms with van der Waals surface area (Å²) in [6.45, 7) is 6.44. The molecule has 1 aliphatic rings. The Balaban J connectivity index is 1.47. The number of rotatable bonds is 12. The Morgan fingerprint density at radius 2 is 1.35 bits per heavy atom. The Kier molecular flexibility index (Phi) is 11.3. The first-order chi connectivity index (χ1) is 22.6. The van der Waals surface area contributed by atoms with Gasteiger partial charge in [-0.3, -0.25) is 19.2 Å². The number of esters is 2. The van der Waals surface area contributed by atoms with Crippen LogP contribution in [0.4, 0.5) is 13.2 Å². The van der Waals surface area contributed by atoms with Gasteiger partial charge in [-0.25, -0.2) is 0 Å².